The van der Waals surface area contributed by atoms with Gasteiger partial charge in [-0.25, -0.2) is 0 Å². The minimum absolute atomic E-state index is 0.149. The first-order chi connectivity index (χ1) is 9.38. The molecule has 0 saturated carbocycles. The largest absolute Gasteiger partial charge is 0.337 e. The monoisotopic (exact) mass is 281 g/mol. The molecule has 4 heteroatoms. The van der Waals surface area contributed by atoms with Crippen molar-refractivity contribution >= 4 is 5.91 Å². The van der Waals surface area contributed by atoms with E-state index >= 15 is 0 Å². The summed E-state index contributed by atoms with van der Waals surface area (Å²) in [5.74, 6) is 0.968. The quantitative estimate of drug-likeness (QED) is 0.834. The van der Waals surface area contributed by atoms with Gasteiger partial charge in [0, 0.05) is 32.1 Å². The maximum atomic E-state index is 12.7. The molecule has 2 aliphatic rings. The molecule has 0 spiro atoms. The summed E-state index contributed by atoms with van der Waals surface area (Å²) in [4.78, 5) is 17.2. The van der Waals surface area contributed by atoms with Gasteiger partial charge in [-0.1, -0.05) is 20.8 Å². The van der Waals surface area contributed by atoms with Crippen LogP contribution in [-0.2, 0) is 4.79 Å². The van der Waals surface area contributed by atoms with E-state index in [0.717, 1.165) is 39.1 Å². The lowest BCUT2D eigenvalue weighted by atomic mass is 9.84. The number of amides is 1. The molecule has 0 aromatic rings. The fourth-order valence-corrected chi connectivity index (χ4v) is 3.41. The fourth-order valence-electron chi connectivity index (χ4n) is 3.41. The number of rotatable bonds is 2. The van der Waals surface area contributed by atoms with Gasteiger partial charge < -0.3 is 15.1 Å². The number of carbonyl (C=O) groups excluding carboxylic acids is 1. The van der Waals surface area contributed by atoms with Gasteiger partial charge in [-0.15, -0.1) is 0 Å². The summed E-state index contributed by atoms with van der Waals surface area (Å²) in [6, 6.07) is 0.329. The molecule has 1 amide bonds. The second-order valence-electron chi connectivity index (χ2n) is 7.62. The second kappa shape index (κ2) is 6.44. The van der Waals surface area contributed by atoms with Crippen LogP contribution in [0.15, 0.2) is 0 Å². The molecule has 0 bridgehead atoms. The van der Waals surface area contributed by atoms with E-state index in [1.807, 2.05) is 0 Å². The number of piperazine rings is 1. The molecule has 0 aromatic carbocycles. The lowest BCUT2D eigenvalue weighted by Gasteiger charge is -2.44. The number of likely N-dealkylation sites (tertiary alicyclic amines) is 1. The second-order valence-corrected chi connectivity index (χ2v) is 7.62. The van der Waals surface area contributed by atoms with Crippen molar-refractivity contribution in [3.05, 3.63) is 0 Å². The highest BCUT2D eigenvalue weighted by molar-refractivity contribution is 5.77. The van der Waals surface area contributed by atoms with Crippen molar-refractivity contribution in [2.24, 2.45) is 11.3 Å². The van der Waals surface area contributed by atoms with Crippen LogP contribution in [-0.4, -0.2) is 61.5 Å². The van der Waals surface area contributed by atoms with Crippen LogP contribution in [0.1, 0.15) is 40.0 Å². The highest BCUT2D eigenvalue weighted by Crippen LogP contribution is 2.28. The van der Waals surface area contributed by atoms with Gasteiger partial charge in [0.15, 0.2) is 0 Å². The zero-order valence-electron chi connectivity index (χ0n) is 13.6. The van der Waals surface area contributed by atoms with E-state index < -0.39 is 0 Å². The van der Waals surface area contributed by atoms with Gasteiger partial charge in [0.25, 0.3) is 0 Å². The summed E-state index contributed by atoms with van der Waals surface area (Å²) in [6.45, 7) is 11.7. The van der Waals surface area contributed by atoms with Crippen molar-refractivity contribution in [3.8, 4) is 0 Å². The summed E-state index contributed by atoms with van der Waals surface area (Å²) in [6.07, 6.45) is 3.10. The van der Waals surface area contributed by atoms with Gasteiger partial charge in [-0.3, -0.25) is 4.79 Å². The number of piperidine rings is 1. The Hall–Kier alpha value is -0.610. The number of hydrogen-bond donors (Lipinski definition) is 1. The first-order valence-electron chi connectivity index (χ1n) is 8.06. The van der Waals surface area contributed by atoms with Crippen molar-refractivity contribution < 1.29 is 4.79 Å². The number of nitrogens with one attached hydrogen (secondary N) is 1. The SMILES string of the molecule is CN1CCC(CC(=O)N2CCNCC2C(C)(C)C)CC1. The molecule has 20 heavy (non-hydrogen) atoms. The Morgan fingerprint density at radius 1 is 1.20 bits per heavy atom. The van der Waals surface area contributed by atoms with Gasteiger partial charge in [0.05, 0.1) is 0 Å². The maximum Gasteiger partial charge on any atom is 0.223 e. The highest BCUT2D eigenvalue weighted by Gasteiger charge is 2.35. The zero-order chi connectivity index (χ0) is 14.8. The van der Waals surface area contributed by atoms with E-state index in [9.17, 15) is 4.79 Å². The molecule has 0 radical (unpaired) electrons. The van der Waals surface area contributed by atoms with E-state index in [-0.39, 0.29) is 5.41 Å². The summed E-state index contributed by atoms with van der Waals surface area (Å²) < 4.78 is 0. The molecular weight excluding hydrogens is 250 g/mol. The normalized spacial score (nSPS) is 26.8. The molecule has 1 atom stereocenters. The average Bonchev–Trinajstić information content (AvgIpc) is 2.40. The Morgan fingerprint density at radius 3 is 2.45 bits per heavy atom. The maximum absolute atomic E-state index is 12.7. The van der Waals surface area contributed by atoms with Crippen LogP contribution < -0.4 is 5.32 Å². The summed E-state index contributed by atoms with van der Waals surface area (Å²) >= 11 is 0. The predicted molar refractivity (Wildman–Crippen MR) is 82.7 cm³/mol. The Bertz CT molecular complexity index is 329. The molecule has 2 aliphatic heterocycles. The van der Waals surface area contributed by atoms with Gasteiger partial charge in [-0.05, 0) is 44.3 Å². The van der Waals surface area contributed by atoms with Crippen LogP contribution in [0, 0.1) is 11.3 Å². The van der Waals surface area contributed by atoms with Crippen LogP contribution in [0.2, 0.25) is 0 Å². The van der Waals surface area contributed by atoms with E-state index in [1.165, 1.54) is 12.8 Å². The summed E-state index contributed by atoms with van der Waals surface area (Å²) in [5.41, 5.74) is 0.149. The van der Waals surface area contributed by atoms with Crippen molar-refractivity contribution in [1.82, 2.24) is 15.1 Å². The third-order valence-electron chi connectivity index (χ3n) is 4.86. The van der Waals surface area contributed by atoms with Crippen molar-refractivity contribution in [2.75, 3.05) is 39.8 Å². The van der Waals surface area contributed by atoms with Gasteiger partial charge in [0.2, 0.25) is 5.91 Å². The number of hydrogen-bond acceptors (Lipinski definition) is 3. The van der Waals surface area contributed by atoms with Crippen molar-refractivity contribution in [1.29, 1.82) is 0 Å². The van der Waals surface area contributed by atoms with E-state index in [1.54, 1.807) is 0 Å². The van der Waals surface area contributed by atoms with E-state index in [0.29, 0.717) is 17.9 Å². The third kappa shape index (κ3) is 3.95. The lowest BCUT2D eigenvalue weighted by Crippen LogP contribution is -2.58. The van der Waals surface area contributed by atoms with Crippen LogP contribution in [0.3, 0.4) is 0 Å². The lowest BCUT2D eigenvalue weighted by molar-refractivity contribution is -0.138. The molecule has 2 heterocycles. The Labute approximate surface area is 123 Å². The number of nitrogens with zero attached hydrogens (tertiary/aromatic N) is 2. The van der Waals surface area contributed by atoms with E-state index in [4.69, 9.17) is 0 Å². The zero-order valence-corrected chi connectivity index (χ0v) is 13.6. The molecule has 0 aliphatic carbocycles. The summed E-state index contributed by atoms with van der Waals surface area (Å²) in [5, 5.41) is 3.44. The van der Waals surface area contributed by atoms with Crippen LogP contribution in [0.5, 0.6) is 0 Å². The molecule has 1 N–H and O–H groups in total. The Kier molecular flexibility index (Phi) is 5.08. The number of carbonyl (C=O) groups is 1. The minimum Gasteiger partial charge on any atom is -0.337 e. The molecule has 2 fully saturated rings. The molecule has 4 nitrogen and oxygen atoms in total. The molecule has 0 aromatic heterocycles. The molecule has 116 valence electrons. The third-order valence-corrected chi connectivity index (χ3v) is 4.86. The Balaban J connectivity index is 1.92. The van der Waals surface area contributed by atoms with Gasteiger partial charge in [-0.2, -0.15) is 0 Å². The highest BCUT2D eigenvalue weighted by atomic mass is 16.2. The van der Waals surface area contributed by atoms with Gasteiger partial charge in [0.1, 0.15) is 0 Å². The molecular formula is C16H31N3O. The first-order valence-corrected chi connectivity index (χ1v) is 8.06. The van der Waals surface area contributed by atoms with Crippen molar-refractivity contribution in [3.63, 3.8) is 0 Å². The van der Waals surface area contributed by atoms with Crippen molar-refractivity contribution in [2.45, 2.75) is 46.1 Å². The topological polar surface area (TPSA) is 35.6 Å². The van der Waals surface area contributed by atoms with Crippen LogP contribution in [0.25, 0.3) is 0 Å². The average molecular weight is 281 g/mol. The predicted octanol–water partition coefficient (Wildman–Crippen LogP) is 1.56. The minimum atomic E-state index is 0.149. The molecule has 2 saturated heterocycles. The smallest absolute Gasteiger partial charge is 0.223 e. The van der Waals surface area contributed by atoms with Gasteiger partial charge >= 0.3 is 0 Å². The Morgan fingerprint density at radius 2 is 1.85 bits per heavy atom. The fraction of sp³-hybridized carbons (Fsp3) is 0.938. The van der Waals surface area contributed by atoms with Crippen LogP contribution in [0.4, 0.5) is 0 Å². The van der Waals surface area contributed by atoms with Crippen LogP contribution >= 0.6 is 0 Å². The molecule has 1 unspecified atom stereocenters. The van der Waals surface area contributed by atoms with E-state index in [2.05, 4.69) is 42.9 Å². The molecule has 2 rings (SSSR count). The summed E-state index contributed by atoms with van der Waals surface area (Å²) in [7, 11) is 2.17. The first kappa shape index (κ1) is 15.8. The standard InChI is InChI=1S/C16H31N3O/c1-16(2,3)14-12-17-7-10-19(14)15(20)11-13-5-8-18(4)9-6-13/h13-14,17H,5-12H2,1-4H3.